The lowest BCUT2D eigenvalue weighted by molar-refractivity contribution is 1.27. The van der Waals surface area contributed by atoms with Gasteiger partial charge in [-0.25, -0.2) is 0 Å². The van der Waals surface area contributed by atoms with Crippen molar-refractivity contribution >= 4 is 48.6 Å². The van der Waals surface area contributed by atoms with Crippen LogP contribution in [-0.4, -0.2) is 0 Å². The van der Waals surface area contributed by atoms with Crippen molar-refractivity contribution in [1.82, 2.24) is 0 Å². The van der Waals surface area contributed by atoms with Crippen LogP contribution in [0, 0.1) is 6.92 Å². The number of thiophene rings is 1. The van der Waals surface area contributed by atoms with Gasteiger partial charge in [-0.15, -0.1) is 11.3 Å². The molecule has 0 fully saturated rings. The molecule has 1 heterocycles. The van der Waals surface area contributed by atoms with Crippen molar-refractivity contribution in [3.05, 3.63) is 151 Å². The van der Waals surface area contributed by atoms with E-state index in [0.29, 0.717) is 0 Å². The highest BCUT2D eigenvalue weighted by molar-refractivity contribution is 7.26. The summed E-state index contributed by atoms with van der Waals surface area (Å²) in [5.41, 5.74) is 9.64. The SMILES string of the molecule is Cc1cccc(N(c2ccc(-c3ccccc3)cc2)c2ccc(-c3cccc4c3sc3ccccc34)cc2)c1. The topological polar surface area (TPSA) is 3.24 Å². The smallest absolute Gasteiger partial charge is 0.0464 e. The fourth-order valence-corrected chi connectivity index (χ4v) is 6.65. The second-order valence-corrected chi connectivity index (χ2v) is 11.0. The normalized spacial score (nSPS) is 11.2. The molecule has 0 atom stereocenters. The fraction of sp³-hybridized carbons (Fsp3) is 0.0270. The molecule has 0 aliphatic carbocycles. The monoisotopic (exact) mass is 517 g/mol. The third-order valence-corrected chi connectivity index (χ3v) is 8.55. The number of hydrogen-bond donors (Lipinski definition) is 0. The Morgan fingerprint density at radius 3 is 1.82 bits per heavy atom. The van der Waals surface area contributed by atoms with Gasteiger partial charge in [-0.1, -0.05) is 103 Å². The Kier molecular flexibility index (Phi) is 5.96. The Bertz CT molecular complexity index is 1900. The van der Waals surface area contributed by atoms with E-state index in [0.717, 1.165) is 17.1 Å². The predicted octanol–water partition coefficient (Wildman–Crippen LogP) is 11.2. The first-order chi connectivity index (χ1) is 19.2. The predicted molar refractivity (Wildman–Crippen MR) is 170 cm³/mol. The summed E-state index contributed by atoms with van der Waals surface area (Å²) in [6.07, 6.45) is 0. The van der Waals surface area contributed by atoms with E-state index in [2.05, 4.69) is 157 Å². The van der Waals surface area contributed by atoms with E-state index in [1.165, 1.54) is 48.0 Å². The summed E-state index contributed by atoms with van der Waals surface area (Å²) in [5, 5.41) is 2.66. The van der Waals surface area contributed by atoms with Crippen LogP contribution in [0.4, 0.5) is 17.1 Å². The molecule has 0 N–H and O–H groups in total. The van der Waals surface area contributed by atoms with Gasteiger partial charge in [-0.05, 0) is 77.2 Å². The summed E-state index contributed by atoms with van der Waals surface area (Å²) in [4.78, 5) is 2.34. The maximum atomic E-state index is 2.34. The molecule has 0 saturated heterocycles. The minimum absolute atomic E-state index is 1.14. The molecule has 0 bridgehead atoms. The number of rotatable bonds is 5. The summed E-state index contributed by atoms with van der Waals surface area (Å²) < 4.78 is 2.68. The van der Waals surface area contributed by atoms with Crippen molar-refractivity contribution in [2.45, 2.75) is 6.92 Å². The summed E-state index contributed by atoms with van der Waals surface area (Å²) in [5.74, 6) is 0. The Morgan fingerprint density at radius 2 is 1.08 bits per heavy atom. The van der Waals surface area contributed by atoms with E-state index in [1.807, 2.05) is 11.3 Å². The number of anilines is 3. The van der Waals surface area contributed by atoms with E-state index in [1.54, 1.807) is 0 Å². The van der Waals surface area contributed by atoms with Crippen molar-refractivity contribution < 1.29 is 0 Å². The molecule has 1 nitrogen and oxygen atoms in total. The van der Waals surface area contributed by atoms with Gasteiger partial charge < -0.3 is 4.90 Å². The first-order valence-corrected chi connectivity index (χ1v) is 14.1. The van der Waals surface area contributed by atoms with E-state index in [-0.39, 0.29) is 0 Å². The Balaban J connectivity index is 1.30. The molecule has 0 radical (unpaired) electrons. The van der Waals surface area contributed by atoms with Crippen LogP contribution in [-0.2, 0) is 0 Å². The van der Waals surface area contributed by atoms with E-state index < -0.39 is 0 Å². The minimum atomic E-state index is 1.14. The van der Waals surface area contributed by atoms with Crippen LogP contribution in [0.2, 0.25) is 0 Å². The summed E-state index contributed by atoms with van der Waals surface area (Å²) in [7, 11) is 0. The zero-order valence-electron chi connectivity index (χ0n) is 21.7. The average Bonchev–Trinajstić information content (AvgIpc) is 3.38. The minimum Gasteiger partial charge on any atom is -0.310 e. The summed E-state index contributed by atoms with van der Waals surface area (Å²) in [6.45, 7) is 2.15. The van der Waals surface area contributed by atoms with Gasteiger partial charge in [0.2, 0.25) is 0 Å². The van der Waals surface area contributed by atoms with Crippen LogP contribution in [0.3, 0.4) is 0 Å². The first kappa shape index (κ1) is 23.5. The molecule has 186 valence electrons. The standard InChI is InChI=1S/C37H27NS/c1-26-9-7-12-32(25-26)38(30-21-17-28(18-22-30)27-10-3-2-4-11-27)31-23-19-29(20-24-31)33-14-8-15-35-34-13-5-6-16-36(34)39-37(33)35/h2-25H,1H3. The number of aryl methyl sites for hydroxylation is 1. The van der Waals surface area contributed by atoms with E-state index >= 15 is 0 Å². The van der Waals surface area contributed by atoms with Crippen LogP contribution in [0.15, 0.2) is 146 Å². The molecule has 7 aromatic rings. The average molecular weight is 518 g/mol. The van der Waals surface area contributed by atoms with Gasteiger partial charge >= 0.3 is 0 Å². The lowest BCUT2D eigenvalue weighted by Crippen LogP contribution is -2.10. The van der Waals surface area contributed by atoms with Gasteiger partial charge in [-0.3, -0.25) is 0 Å². The van der Waals surface area contributed by atoms with Crippen LogP contribution in [0.25, 0.3) is 42.4 Å². The molecule has 6 aromatic carbocycles. The Hall–Kier alpha value is -4.66. The number of nitrogens with zero attached hydrogens (tertiary/aromatic N) is 1. The van der Waals surface area contributed by atoms with Crippen molar-refractivity contribution in [2.75, 3.05) is 4.90 Å². The highest BCUT2D eigenvalue weighted by Crippen LogP contribution is 2.41. The number of fused-ring (bicyclic) bond motifs is 3. The van der Waals surface area contributed by atoms with Gasteiger partial charge in [0, 0.05) is 37.2 Å². The van der Waals surface area contributed by atoms with Crippen molar-refractivity contribution in [3.8, 4) is 22.3 Å². The quantitative estimate of drug-likeness (QED) is 0.219. The first-order valence-electron chi connectivity index (χ1n) is 13.3. The number of hydrogen-bond acceptors (Lipinski definition) is 2. The molecule has 0 amide bonds. The third kappa shape index (κ3) is 4.39. The molecule has 0 aliphatic heterocycles. The van der Waals surface area contributed by atoms with Crippen LogP contribution in [0.1, 0.15) is 5.56 Å². The molecule has 1 aromatic heterocycles. The second-order valence-electron chi connectivity index (χ2n) is 9.91. The molecule has 39 heavy (non-hydrogen) atoms. The fourth-order valence-electron chi connectivity index (χ4n) is 5.41. The van der Waals surface area contributed by atoms with Gasteiger partial charge in [0.25, 0.3) is 0 Å². The van der Waals surface area contributed by atoms with Gasteiger partial charge in [0.1, 0.15) is 0 Å². The molecule has 7 rings (SSSR count). The molecule has 2 heteroatoms. The second kappa shape index (κ2) is 9.90. The van der Waals surface area contributed by atoms with Crippen molar-refractivity contribution in [3.63, 3.8) is 0 Å². The molecule has 0 aliphatic rings. The summed E-state index contributed by atoms with van der Waals surface area (Å²) in [6, 6.07) is 52.5. The van der Waals surface area contributed by atoms with Crippen LogP contribution >= 0.6 is 11.3 Å². The van der Waals surface area contributed by atoms with Crippen molar-refractivity contribution in [2.24, 2.45) is 0 Å². The van der Waals surface area contributed by atoms with E-state index in [4.69, 9.17) is 0 Å². The maximum Gasteiger partial charge on any atom is 0.0464 e. The zero-order chi connectivity index (χ0) is 26.2. The van der Waals surface area contributed by atoms with Gasteiger partial charge in [-0.2, -0.15) is 0 Å². The lowest BCUT2D eigenvalue weighted by atomic mass is 10.0. The molecule has 0 saturated carbocycles. The summed E-state index contributed by atoms with van der Waals surface area (Å²) >= 11 is 1.88. The van der Waals surface area contributed by atoms with Gasteiger partial charge in [0.05, 0.1) is 0 Å². The van der Waals surface area contributed by atoms with Crippen LogP contribution < -0.4 is 4.90 Å². The number of benzene rings is 6. The highest BCUT2D eigenvalue weighted by atomic mass is 32.1. The third-order valence-electron chi connectivity index (χ3n) is 7.33. The molecular formula is C37H27NS. The van der Waals surface area contributed by atoms with Crippen LogP contribution in [0.5, 0.6) is 0 Å². The lowest BCUT2D eigenvalue weighted by Gasteiger charge is -2.26. The maximum absolute atomic E-state index is 2.34. The zero-order valence-corrected chi connectivity index (χ0v) is 22.5. The Labute approximate surface area is 233 Å². The molecule has 0 spiro atoms. The van der Waals surface area contributed by atoms with Crippen molar-refractivity contribution in [1.29, 1.82) is 0 Å². The van der Waals surface area contributed by atoms with E-state index in [9.17, 15) is 0 Å². The largest absolute Gasteiger partial charge is 0.310 e. The highest BCUT2D eigenvalue weighted by Gasteiger charge is 2.15. The van der Waals surface area contributed by atoms with Gasteiger partial charge in [0.15, 0.2) is 0 Å². The molecule has 0 unspecified atom stereocenters. The Morgan fingerprint density at radius 1 is 0.462 bits per heavy atom. The molecular weight excluding hydrogens is 490 g/mol.